The van der Waals surface area contributed by atoms with E-state index in [2.05, 4.69) is 20.2 Å². The third-order valence-corrected chi connectivity index (χ3v) is 7.87. The van der Waals surface area contributed by atoms with Crippen LogP contribution in [0.3, 0.4) is 0 Å². The first kappa shape index (κ1) is 27.4. The number of aromatic nitrogens is 2. The van der Waals surface area contributed by atoms with Crippen LogP contribution >= 0.6 is 11.6 Å². The fourth-order valence-electron chi connectivity index (χ4n) is 5.60. The molecular weight excluding hydrogens is 525 g/mol. The van der Waals surface area contributed by atoms with Crippen LogP contribution in [0.25, 0.3) is 10.9 Å². The molecular formula is C28H33ClFN5O4. The lowest BCUT2D eigenvalue weighted by Gasteiger charge is -2.38. The van der Waals surface area contributed by atoms with Crippen molar-refractivity contribution in [3.8, 4) is 11.5 Å². The Bertz CT molecular complexity index is 1350. The van der Waals surface area contributed by atoms with Crippen molar-refractivity contribution < 1.29 is 23.8 Å². The van der Waals surface area contributed by atoms with E-state index in [-0.39, 0.29) is 34.8 Å². The predicted molar refractivity (Wildman–Crippen MR) is 147 cm³/mol. The molecule has 9 nitrogen and oxygen atoms in total. The molecule has 0 spiro atoms. The number of aliphatic hydroxyl groups is 1. The van der Waals surface area contributed by atoms with Gasteiger partial charge in [-0.25, -0.2) is 14.4 Å². The second-order valence-corrected chi connectivity index (χ2v) is 10.8. The number of β-amino-alcohol motifs (C(OH)–C–C–N with tert-alkyl or cyclic N) is 1. The highest BCUT2D eigenvalue weighted by Crippen LogP contribution is 2.38. The number of hydrogen-bond acceptors (Lipinski definition) is 8. The number of methoxy groups -OCH3 is 1. The molecule has 208 valence electrons. The van der Waals surface area contributed by atoms with E-state index in [1.165, 1.54) is 12.4 Å². The van der Waals surface area contributed by atoms with Gasteiger partial charge in [-0.2, -0.15) is 0 Å². The summed E-state index contributed by atoms with van der Waals surface area (Å²) in [5, 5.41) is 14.0. The second-order valence-electron chi connectivity index (χ2n) is 10.4. The Hall–Kier alpha value is -3.21. The summed E-state index contributed by atoms with van der Waals surface area (Å²) in [6.07, 6.45) is 4.64. The van der Waals surface area contributed by atoms with Gasteiger partial charge in [-0.3, -0.25) is 9.69 Å². The number of fused-ring (bicyclic) bond motifs is 1. The normalized spacial score (nSPS) is 23.5. The van der Waals surface area contributed by atoms with E-state index in [1.54, 1.807) is 44.3 Å². The lowest BCUT2D eigenvalue weighted by atomic mass is 9.91. The smallest absolute Gasteiger partial charge is 0.239 e. The number of carbonyl (C=O) groups excluding carboxylic acids is 1. The Labute approximate surface area is 231 Å². The molecule has 2 N–H and O–H groups in total. The Kier molecular flexibility index (Phi) is 8.06. The zero-order valence-electron chi connectivity index (χ0n) is 22.2. The highest BCUT2D eigenvalue weighted by Gasteiger charge is 2.41. The summed E-state index contributed by atoms with van der Waals surface area (Å²) in [5.74, 6) is 0.988. The SMILES string of the molecule is COc1cc2ncnc(Nc3cccc(Cl)c3F)c2cc1O[C@H]1CC[C@H](N2C[C@H](O)C[C@@H]2C(=O)N(C)C)CC1. The molecule has 0 unspecified atom stereocenters. The minimum Gasteiger partial charge on any atom is -0.493 e. The van der Waals surface area contributed by atoms with E-state index in [0.717, 1.165) is 25.7 Å². The molecule has 0 bridgehead atoms. The van der Waals surface area contributed by atoms with Crippen molar-refractivity contribution in [2.45, 2.75) is 56.4 Å². The van der Waals surface area contributed by atoms with Crippen LogP contribution in [0.1, 0.15) is 32.1 Å². The maximum Gasteiger partial charge on any atom is 0.239 e. The number of nitrogens with zero attached hydrogens (tertiary/aromatic N) is 4. The number of carbonyl (C=O) groups is 1. The lowest BCUT2D eigenvalue weighted by Crippen LogP contribution is -2.49. The number of benzene rings is 2. The number of aliphatic hydroxyl groups excluding tert-OH is 1. The van der Waals surface area contributed by atoms with Crippen molar-refractivity contribution in [1.82, 2.24) is 19.8 Å². The van der Waals surface area contributed by atoms with Crippen LogP contribution in [0, 0.1) is 5.82 Å². The molecule has 5 rings (SSSR count). The molecule has 11 heteroatoms. The van der Waals surface area contributed by atoms with Gasteiger partial charge in [0.25, 0.3) is 0 Å². The first-order valence-corrected chi connectivity index (χ1v) is 13.5. The summed E-state index contributed by atoms with van der Waals surface area (Å²) in [5.41, 5.74) is 0.823. The van der Waals surface area contributed by atoms with Gasteiger partial charge < -0.3 is 24.8 Å². The van der Waals surface area contributed by atoms with Crippen molar-refractivity contribution in [2.75, 3.05) is 33.1 Å². The molecule has 1 saturated heterocycles. The van der Waals surface area contributed by atoms with Crippen molar-refractivity contribution in [2.24, 2.45) is 0 Å². The molecule has 0 radical (unpaired) electrons. The van der Waals surface area contributed by atoms with Gasteiger partial charge in [-0.05, 0) is 50.3 Å². The highest BCUT2D eigenvalue weighted by molar-refractivity contribution is 6.31. The van der Waals surface area contributed by atoms with Crippen molar-refractivity contribution in [3.05, 3.63) is 47.5 Å². The minimum absolute atomic E-state index is 0.0143. The summed E-state index contributed by atoms with van der Waals surface area (Å²) in [6, 6.07) is 8.25. The average molecular weight is 558 g/mol. The number of likely N-dealkylation sites (tertiary alicyclic amines) is 1. The first-order valence-electron chi connectivity index (χ1n) is 13.1. The van der Waals surface area contributed by atoms with Crippen LogP contribution in [0.4, 0.5) is 15.9 Å². The molecule has 2 fully saturated rings. The van der Waals surface area contributed by atoms with E-state index in [0.29, 0.717) is 41.2 Å². The number of likely N-dealkylation sites (N-methyl/N-ethyl adjacent to an activating group) is 1. The van der Waals surface area contributed by atoms with Crippen LogP contribution in [-0.2, 0) is 4.79 Å². The zero-order valence-corrected chi connectivity index (χ0v) is 23.0. The van der Waals surface area contributed by atoms with E-state index in [4.69, 9.17) is 21.1 Å². The zero-order chi connectivity index (χ0) is 27.7. The Balaban J connectivity index is 1.32. The van der Waals surface area contributed by atoms with Gasteiger partial charge in [0.2, 0.25) is 5.91 Å². The van der Waals surface area contributed by atoms with Crippen molar-refractivity contribution >= 4 is 39.9 Å². The van der Waals surface area contributed by atoms with Gasteiger partial charge >= 0.3 is 0 Å². The predicted octanol–water partition coefficient (Wildman–Crippen LogP) is 4.39. The molecule has 1 saturated carbocycles. The van der Waals surface area contributed by atoms with E-state index in [1.807, 2.05) is 6.07 Å². The van der Waals surface area contributed by atoms with Gasteiger partial charge in [0.1, 0.15) is 12.1 Å². The number of rotatable bonds is 7. The number of amides is 1. The van der Waals surface area contributed by atoms with Crippen molar-refractivity contribution in [1.29, 1.82) is 0 Å². The summed E-state index contributed by atoms with van der Waals surface area (Å²) in [7, 11) is 5.09. The van der Waals surface area contributed by atoms with Crippen LogP contribution in [-0.4, -0.2) is 82.8 Å². The third kappa shape index (κ3) is 5.73. The standard InChI is InChI=1S/C28H33ClFN5O4/c1-34(2)28(37)23-11-17(36)14-35(23)16-7-9-18(10-8-16)39-25-12-19-22(13-24(25)38-3)31-15-32-27(19)33-21-6-4-5-20(29)26(21)30/h4-6,12-13,15-18,23,36H,7-11,14H2,1-3H3,(H,31,32,33)/t16-,17-,18-,23-/m1/s1. The largest absolute Gasteiger partial charge is 0.493 e. The maximum atomic E-state index is 14.5. The molecule has 1 aromatic heterocycles. The summed E-state index contributed by atoms with van der Waals surface area (Å²) < 4.78 is 26.6. The highest BCUT2D eigenvalue weighted by atomic mass is 35.5. The molecule has 3 aromatic rings. The summed E-state index contributed by atoms with van der Waals surface area (Å²) >= 11 is 5.95. The fraction of sp³-hybridized carbons (Fsp3) is 0.464. The summed E-state index contributed by atoms with van der Waals surface area (Å²) in [6.45, 7) is 0.516. The Morgan fingerprint density at radius 3 is 2.67 bits per heavy atom. The monoisotopic (exact) mass is 557 g/mol. The summed E-state index contributed by atoms with van der Waals surface area (Å²) in [4.78, 5) is 25.1. The van der Waals surface area contributed by atoms with Gasteiger partial charge in [0, 0.05) is 38.1 Å². The number of halogens is 2. The van der Waals surface area contributed by atoms with Crippen LogP contribution in [0.15, 0.2) is 36.7 Å². The molecule has 2 aromatic carbocycles. The lowest BCUT2D eigenvalue weighted by molar-refractivity contribution is -0.134. The van der Waals surface area contributed by atoms with Crippen LogP contribution in [0.2, 0.25) is 5.02 Å². The van der Waals surface area contributed by atoms with Gasteiger partial charge in [0.05, 0.1) is 41.6 Å². The maximum absolute atomic E-state index is 14.5. The topological polar surface area (TPSA) is 100 Å². The first-order chi connectivity index (χ1) is 18.7. The van der Waals surface area contributed by atoms with Gasteiger partial charge in [-0.15, -0.1) is 0 Å². The van der Waals surface area contributed by atoms with E-state index >= 15 is 0 Å². The number of anilines is 2. The Morgan fingerprint density at radius 2 is 1.95 bits per heavy atom. The number of nitrogens with one attached hydrogen (secondary N) is 1. The number of hydrogen-bond donors (Lipinski definition) is 2. The van der Waals surface area contributed by atoms with E-state index in [9.17, 15) is 14.3 Å². The van der Waals surface area contributed by atoms with Crippen LogP contribution < -0.4 is 14.8 Å². The minimum atomic E-state index is -0.562. The van der Waals surface area contributed by atoms with E-state index < -0.39 is 11.9 Å². The quantitative estimate of drug-likeness (QED) is 0.441. The fourth-order valence-corrected chi connectivity index (χ4v) is 5.77. The van der Waals surface area contributed by atoms with Gasteiger partial charge in [-0.1, -0.05) is 17.7 Å². The molecule has 2 aliphatic rings. The second kappa shape index (κ2) is 11.5. The number of ether oxygens (including phenoxy) is 2. The Morgan fingerprint density at radius 1 is 1.18 bits per heavy atom. The average Bonchev–Trinajstić information content (AvgIpc) is 3.32. The molecule has 2 atom stereocenters. The van der Waals surface area contributed by atoms with Crippen LogP contribution in [0.5, 0.6) is 11.5 Å². The van der Waals surface area contributed by atoms with Gasteiger partial charge in [0.15, 0.2) is 17.3 Å². The molecule has 1 aliphatic carbocycles. The molecule has 2 heterocycles. The molecule has 1 amide bonds. The third-order valence-electron chi connectivity index (χ3n) is 7.57. The molecule has 39 heavy (non-hydrogen) atoms. The van der Waals surface area contributed by atoms with Crippen molar-refractivity contribution in [3.63, 3.8) is 0 Å². The molecule has 1 aliphatic heterocycles.